The Balaban J connectivity index is 1.47. The molecule has 0 bridgehead atoms. The van der Waals surface area contributed by atoms with Crippen molar-refractivity contribution in [2.75, 3.05) is 20.2 Å². The first-order valence-electron chi connectivity index (χ1n) is 9.22. The number of methoxy groups -OCH3 is 1. The summed E-state index contributed by atoms with van der Waals surface area (Å²) in [5.74, 6) is 0.212. The smallest absolute Gasteiger partial charge is 0.243 e. The van der Waals surface area contributed by atoms with Gasteiger partial charge in [0.1, 0.15) is 0 Å². The van der Waals surface area contributed by atoms with Crippen molar-refractivity contribution < 1.29 is 14.6 Å². The number of rotatable bonds is 6. The van der Waals surface area contributed by atoms with E-state index < -0.39 is 0 Å². The van der Waals surface area contributed by atoms with Gasteiger partial charge >= 0.3 is 0 Å². The van der Waals surface area contributed by atoms with E-state index in [9.17, 15) is 9.90 Å². The summed E-state index contributed by atoms with van der Waals surface area (Å²) in [6, 6.07) is 13.0. The predicted molar refractivity (Wildman–Crippen MR) is 110 cm³/mol. The first kappa shape index (κ1) is 20.2. The van der Waals surface area contributed by atoms with E-state index in [0.29, 0.717) is 11.3 Å². The maximum atomic E-state index is 12.4. The zero-order valence-electron chi connectivity index (χ0n) is 15.8. The highest BCUT2D eigenvalue weighted by atomic mass is 35.5. The lowest BCUT2D eigenvalue weighted by atomic mass is 9.96. The molecule has 1 aliphatic rings. The molecule has 1 fully saturated rings. The van der Waals surface area contributed by atoms with E-state index in [1.165, 1.54) is 18.9 Å². The van der Waals surface area contributed by atoms with E-state index in [1.807, 2.05) is 24.3 Å². The van der Waals surface area contributed by atoms with E-state index in [4.69, 9.17) is 16.3 Å². The topological polar surface area (TPSA) is 74.2 Å². The Morgan fingerprint density at radius 3 is 2.68 bits per heavy atom. The minimum atomic E-state index is -0.0928. The van der Waals surface area contributed by atoms with Crippen molar-refractivity contribution in [3.63, 3.8) is 0 Å². The summed E-state index contributed by atoms with van der Waals surface area (Å²) in [5, 5.41) is 14.7. The van der Waals surface area contributed by atoms with Crippen molar-refractivity contribution in [2.45, 2.75) is 19.4 Å². The van der Waals surface area contributed by atoms with E-state index in [-0.39, 0.29) is 17.6 Å². The standard InChI is InChI=1S/C21H24ClN3O3/c1-28-19-4-2-3-17(20(19)26)13-23-24-21(27)16-9-11-25(12-10-16)14-15-5-7-18(22)8-6-15/h2-8,13,16,26H,9-12,14H2,1H3,(H,24,27). The lowest BCUT2D eigenvalue weighted by Crippen LogP contribution is -2.39. The predicted octanol–water partition coefficient (Wildman–Crippen LogP) is 3.42. The first-order chi connectivity index (χ1) is 13.6. The van der Waals surface area contributed by atoms with Crippen LogP contribution in [0.3, 0.4) is 0 Å². The van der Waals surface area contributed by atoms with Crippen molar-refractivity contribution in [3.8, 4) is 11.5 Å². The SMILES string of the molecule is COc1cccc(C=NNC(=O)C2CCN(Cc3ccc(Cl)cc3)CC2)c1O. The van der Waals surface area contributed by atoms with E-state index in [2.05, 4.69) is 15.4 Å². The van der Waals surface area contributed by atoms with Gasteiger partial charge in [-0.15, -0.1) is 0 Å². The fourth-order valence-corrected chi connectivity index (χ4v) is 3.39. The Morgan fingerprint density at radius 2 is 2.00 bits per heavy atom. The molecule has 0 aliphatic carbocycles. The van der Waals surface area contributed by atoms with Gasteiger partial charge in [0.25, 0.3) is 0 Å². The van der Waals surface area contributed by atoms with Crippen LogP contribution in [0.15, 0.2) is 47.6 Å². The molecule has 3 rings (SSSR count). The number of ether oxygens (including phenoxy) is 1. The molecule has 1 heterocycles. The fourth-order valence-electron chi connectivity index (χ4n) is 3.27. The van der Waals surface area contributed by atoms with Crippen molar-refractivity contribution >= 4 is 23.7 Å². The second-order valence-corrected chi connectivity index (χ2v) is 7.25. The summed E-state index contributed by atoms with van der Waals surface area (Å²) in [6.07, 6.45) is 3.00. The third-order valence-electron chi connectivity index (χ3n) is 4.91. The number of benzene rings is 2. The molecule has 1 amide bonds. The van der Waals surface area contributed by atoms with Gasteiger partial charge in [-0.1, -0.05) is 29.8 Å². The Labute approximate surface area is 169 Å². The molecule has 1 saturated heterocycles. The lowest BCUT2D eigenvalue weighted by Gasteiger charge is -2.30. The number of hydrogen-bond donors (Lipinski definition) is 2. The number of carbonyl (C=O) groups excluding carboxylic acids is 1. The number of hydrazone groups is 1. The maximum absolute atomic E-state index is 12.4. The average Bonchev–Trinajstić information content (AvgIpc) is 2.71. The second kappa shape index (κ2) is 9.57. The highest BCUT2D eigenvalue weighted by Gasteiger charge is 2.24. The van der Waals surface area contributed by atoms with Crippen LogP contribution < -0.4 is 10.2 Å². The number of carbonyl (C=O) groups is 1. The first-order valence-corrected chi connectivity index (χ1v) is 9.60. The molecule has 2 aromatic carbocycles. The van der Waals surface area contributed by atoms with Gasteiger partial charge in [0.05, 0.1) is 13.3 Å². The Hall–Kier alpha value is -2.57. The summed E-state index contributed by atoms with van der Waals surface area (Å²) in [6.45, 7) is 2.58. The van der Waals surface area contributed by atoms with Crippen LogP contribution >= 0.6 is 11.6 Å². The van der Waals surface area contributed by atoms with Gasteiger partial charge in [-0.05, 0) is 55.8 Å². The largest absolute Gasteiger partial charge is 0.504 e. The number of halogens is 1. The van der Waals surface area contributed by atoms with Crippen LogP contribution in [-0.4, -0.2) is 42.3 Å². The quantitative estimate of drug-likeness (QED) is 0.574. The van der Waals surface area contributed by atoms with Gasteiger partial charge < -0.3 is 9.84 Å². The zero-order valence-corrected chi connectivity index (χ0v) is 16.5. The summed E-state index contributed by atoms with van der Waals surface area (Å²) >= 11 is 5.92. The van der Waals surface area contributed by atoms with Crippen molar-refractivity contribution in [1.82, 2.24) is 10.3 Å². The minimum absolute atomic E-state index is 0.00138. The molecule has 0 aromatic heterocycles. The molecule has 28 heavy (non-hydrogen) atoms. The minimum Gasteiger partial charge on any atom is -0.504 e. The van der Waals surface area contributed by atoms with Crippen molar-refractivity contribution in [1.29, 1.82) is 0 Å². The van der Waals surface area contributed by atoms with E-state index in [1.54, 1.807) is 18.2 Å². The number of phenols is 1. The molecule has 6 nitrogen and oxygen atoms in total. The molecule has 1 aliphatic heterocycles. The molecule has 2 aromatic rings. The molecule has 0 spiro atoms. The van der Waals surface area contributed by atoms with Crippen LogP contribution in [-0.2, 0) is 11.3 Å². The third-order valence-corrected chi connectivity index (χ3v) is 5.16. The van der Waals surface area contributed by atoms with Gasteiger partial charge in [-0.2, -0.15) is 5.10 Å². The fraction of sp³-hybridized carbons (Fsp3) is 0.333. The van der Waals surface area contributed by atoms with Gasteiger partial charge in [0.15, 0.2) is 11.5 Å². The molecule has 7 heteroatoms. The summed E-state index contributed by atoms with van der Waals surface area (Å²) in [4.78, 5) is 14.7. The van der Waals surface area contributed by atoms with E-state index in [0.717, 1.165) is 37.5 Å². The number of phenolic OH excluding ortho intramolecular Hbond substituents is 1. The Bertz CT molecular complexity index is 831. The lowest BCUT2D eigenvalue weighted by molar-refractivity contribution is -0.126. The average molecular weight is 402 g/mol. The number of amides is 1. The highest BCUT2D eigenvalue weighted by molar-refractivity contribution is 6.30. The Kier molecular flexibility index (Phi) is 6.90. The van der Waals surface area contributed by atoms with E-state index >= 15 is 0 Å². The summed E-state index contributed by atoms with van der Waals surface area (Å²) < 4.78 is 5.06. The molecule has 0 saturated carbocycles. The normalized spacial score (nSPS) is 15.6. The molecule has 148 valence electrons. The molecule has 2 N–H and O–H groups in total. The van der Waals surface area contributed by atoms with Gasteiger partial charge in [-0.25, -0.2) is 5.43 Å². The number of nitrogens with zero attached hydrogens (tertiary/aromatic N) is 2. The monoisotopic (exact) mass is 401 g/mol. The molecular weight excluding hydrogens is 378 g/mol. The number of nitrogens with one attached hydrogen (secondary N) is 1. The van der Waals surface area contributed by atoms with Crippen LogP contribution in [0.4, 0.5) is 0 Å². The number of likely N-dealkylation sites (tertiary alicyclic amines) is 1. The summed E-state index contributed by atoms with van der Waals surface area (Å²) in [7, 11) is 1.48. The molecule has 0 radical (unpaired) electrons. The number of para-hydroxylation sites is 1. The van der Waals surface area contributed by atoms with Crippen LogP contribution in [0.25, 0.3) is 0 Å². The summed E-state index contributed by atoms with van der Waals surface area (Å²) in [5.41, 5.74) is 4.28. The third kappa shape index (κ3) is 5.24. The Morgan fingerprint density at radius 1 is 1.29 bits per heavy atom. The van der Waals surface area contributed by atoms with Crippen molar-refractivity contribution in [2.24, 2.45) is 11.0 Å². The van der Waals surface area contributed by atoms with Gasteiger partial charge in [0.2, 0.25) is 5.91 Å². The van der Waals surface area contributed by atoms with Crippen molar-refractivity contribution in [3.05, 3.63) is 58.6 Å². The molecular formula is C21H24ClN3O3. The zero-order chi connectivity index (χ0) is 19.9. The van der Waals surface area contributed by atoms with Crippen LogP contribution in [0.1, 0.15) is 24.0 Å². The molecule has 0 unspecified atom stereocenters. The van der Waals surface area contributed by atoms with Crippen LogP contribution in [0.2, 0.25) is 5.02 Å². The number of hydrogen-bond acceptors (Lipinski definition) is 5. The maximum Gasteiger partial charge on any atom is 0.243 e. The van der Waals surface area contributed by atoms with Crippen LogP contribution in [0, 0.1) is 5.92 Å². The second-order valence-electron chi connectivity index (χ2n) is 6.81. The molecule has 0 atom stereocenters. The number of piperidine rings is 1. The van der Waals surface area contributed by atoms with Crippen LogP contribution in [0.5, 0.6) is 11.5 Å². The van der Waals surface area contributed by atoms with Gasteiger partial charge in [0, 0.05) is 23.0 Å². The number of aromatic hydroxyl groups is 1. The highest BCUT2D eigenvalue weighted by Crippen LogP contribution is 2.28. The van der Waals surface area contributed by atoms with Gasteiger partial charge in [-0.3, -0.25) is 9.69 Å².